The zero-order valence-corrected chi connectivity index (χ0v) is 7.23. The van der Waals surface area contributed by atoms with Gasteiger partial charge in [0.15, 0.2) is 0 Å². The Labute approximate surface area is 63.0 Å². The van der Waals surface area contributed by atoms with Crippen LogP contribution < -0.4 is 0 Å². The third kappa shape index (κ3) is 2.21. The maximum atomic E-state index is 7.34. The van der Waals surface area contributed by atoms with Crippen LogP contribution in [0.2, 0.25) is 0 Å². The molecule has 0 radical (unpaired) electrons. The molecule has 10 heavy (non-hydrogen) atoms. The average molecular weight is 140 g/mol. The van der Waals surface area contributed by atoms with Crippen molar-refractivity contribution in [3.63, 3.8) is 0 Å². The lowest BCUT2D eigenvalue weighted by molar-refractivity contribution is 0.473. The molecule has 0 rings (SSSR count). The van der Waals surface area contributed by atoms with E-state index in [4.69, 9.17) is 5.41 Å². The molecular formula is C8H16N2. The van der Waals surface area contributed by atoms with Gasteiger partial charge in [0.05, 0.1) is 0 Å². The first-order valence-corrected chi connectivity index (χ1v) is 3.38. The highest BCUT2D eigenvalue weighted by Crippen LogP contribution is 2.10. The van der Waals surface area contributed by atoms with E-state index in [-0.39, 0.29) is 5.92 Å². The van der Waals surface area contributed by atoms with Crippen LogP contribution in [0.1, 0.15) is 13.8 Å². The second-order valence-corrected chi connectivity index (χ2v) is 2.79. The third-order valence-corrected chi connectivity index (χ3v) is 1.72. The molecule has 0 aliphatic heterocycles. The van der Waals surface area contributed by atoms with Gasteiger partial charge in [0.2, 0.25) is 0 Å². The molecule has 1 N–H and O–H groups in total. The summed E-state index contributed by atoms with van der Waals surface area (Å²) in [6, 6.07) is 0. The maximum Gasteiger partial charge on any atom is 0.0329 e. The van der Waals surface area contributed by atoms with E-state index in [1.165, 1.54) is 0 Å². The van der Waals surface area contributed by atoms with E-state index in [1.54, 1.807) is 6.92 Å². The fourth-order valence-electron chi connectivity index (χ4n) is 0.637. The van der Waals surface area contributed by atoms with Gasteiger partial charge in [-0.25, -0.2) is 0 Å². The minimum atomic E-state index is 0.176. The van der Waals surface area contributed by atoms with Crippen molar-refractivity contribution >= 4 is 5.71 Å². The van der Waals surface area contributed by atoms with E-state index in [9.17, 15) is 0 Å². The zero-order chi connectivity index (χ0) is 8.31. The molecule has 0 aromatic rings. The van der Waals surface area contributed by atoms with Crippen molar-refractivity contribution in [2.45, 2.75) is 13.8 Å². The van der Waals surface area contributed by atoms with Gasteiger partial charge < -0.3 is 10.3 Å². The van der Waals surface area contributed by atoms with E-state index in [0.717, 1.165) is 5.70 Å². The maximum absolute atomic E-state index is 7.34. The fraction of sp³-hybridized carbons (Fsp3) is 0.625. The summed E-state index contributed by atoms with van der Waals surface area (Å²) in [5.74, 6) is 0.176. The van der Waals surface area contributed by atoms with E-state index in [1.807, 2.05) is 25.9 Å². The molecule has 58 valence electrons. The molecule has 0 aromatic heterocycles. The minimum absolute atomic E-state index is 0.176. The first-order valence-electron chi connectivity index (χ1n) is 3.38. The van der Waals surface area contributed by atoms with E-state index in [2.05, 4.69) is 6.58 Å². The molecule has 0 saturated heterocycles. The number of hydrogen-bond donors (Lipinski definition) is 1. The Bertz CT molecular complexity index is 147. The number of allylic oxidation sites excluding steroid dienone is 1. The smallest absolute Gasteiger partial charge is 0.0329 e. The molecule has 0 saturated carbocycles. The van der Waals surface area contributed by atoms with Crippen LogP contribution in [0.15, 0.2) is 12.3 Å². The standard InChI is InChI=1S/C8H16N2/c1-6(7(2)9)8(3)10(4)5/h6,9H,3H2,1-2,4-5H3. The van der Waals surface area contributed by atoms with Crippen LogP contribution in [0.5, 0.6) is 0 Å². The molecule has 0 amide bonds. The highest BCUT2D eigenvalue weighted by Gasteiger charge is 2.09. The van der Waals surface area contributed by atoms with Gasteiger partial charge in [-0.15, -0.1) is 0 Å². The van der Waals surface area contributed by atoms with Gasteiger partial charge in [0.25, 0.3) is 0 Å². The summed E-state index contributed by atoms with van der Waals surface area (Å²) in [5, 5.41) is 7.34. The summed E-state index contributed by atoms with van der Waals surface area (Å²) in [6.45, 7) is 7.66. The Morgan fingerprint density at radius 2 is 1.90 bits per heavy atom. The number of nitrogens with zero attached hydrogens (tertiary/aromatic N) is 1. The van der Waals surface area contributed by atoms with Gasteiger partial charge >= 0.3 is 0 Å². The first kappa shape index (κ1) is 9.21. The lowest BCUT2D eigenvalue weighted by atomic mass is 10.0. The molecule has 1 atom stereocenters. The fourth-order valence-corrected chi connectivity index (χ4v) is 0.637. The van der Waals surface area contributed by atoms with Crippen LogP contribution in [-0.2, 0) is 0 Å². The second-order valence-electron chi connectivity index (χ2n) is 2.79. The summed E-state index contributed by atoms with van der Waals surface area (Å²) in [6.07, 6.45) is 0. The molecule has 0 fully saturated rings. The molecular weight excluding hydrogens is 124 g/mol. The van der Waals surface area contributed by atoms with Crippen molar-refractivity contribution in [2.75, 3.05) is 14.1 Å². The van der Waals surface area contributed by atoms with E-state index < -0.39 is 0 Å². The Balaban J connectivity index is 4.08. The van der Waals surface area contributed by atoms with Gasteiger partial charge in [-0.1, -0.05) is 13.5 Å². The van der Waals surface area contributed by atoms with Crippen LogP contribution in [0.3, 0.4) is 0 Å². The van der Waals surface area contributed by atoms with Gasteiger partial charge in [0, 0.05) is 31.4 Å². The Hall–Kier alpha value is -0.790. The van der Waals surface area contributed by atoms with Gasteiger partial charge in [0.1, 0.15) is 0 Å². The zero-order valence-electron chi connectivity index (χ0n) is 7.23. The van der Waals surface area contributed by atoms with Gasteiger partial charge in [-0.05, 0) is 6.92 Å². The molecule has 1 unspecified atom stereocenters. The van der Waals surface area contributed by atoms with Crippen LogP contribution in [-0.4, -0.2) is 24.7 Å². The SMILES string of the molecule is C=C(C(C)C(C)=N)N(C)C. The number of hydrogen-bond acceptors (Lipinski definition) is 2. The average Bonchev–Trinajstić information content (AvgIpc) is 1.84. The molecule has 0 heterocycles. The summed E-state index contributed by atoms with van der Waals surface area (Å²) in [4.78, 5) is 1.95. The van der Waals surface area contributed by atoms with Crippen molar-refractivity contribution in [1.29, 1.82) is 5.41 Å². The molecule has 0 aliphatic rings. The van der Waals surface area contributed by atoms with Crippen LogP contribution >= 0.6 is 0 Å². The first-order chi connectivity index (χ1) is 4.46. The van der Waals surface area contributed by atoms with Crippen LogP contribution in [0.25, 0.3) is 0 Å². The van der Waals surface area contributed by atoms with Crippen molar-refractivity contribution in [3.8, 4) is 0 Å². The van der Waals surface area contributed by atoms with Crippen molar-refractivity contribution in [3.05, 3.63) is 12.3 Å². The summed E-state index contributed by atoms with van der Waals surface area (Å²) in [7, 11) is 3.89. The number of nitrogens with one attached hydrogen (secondary N) is 1. The minimum Gasteiger partial charge on any atom is -0.381 e. The van der Waals surface area contributed by atoms with Crippen molar-refractivity contribution < 1.29 is 0 Å². The quantitative estimate of drug-likeness (QED) is 0.594. The molecule has 0 bridgehead atoms. The Kier molecular flexibility index (Phi) is 3.13. The number of rotatable bonds is 3. The second kappa shape index (κ2) is 3.40. The lowest BCUT2D eigenvalue weighted by Gasteiger charge is -2.21. The normalized spacial score (nSPS) is 12.4. The Morgan fingerprint density at radius 1 is 1.50 bits per heavy atom. The van der Waals surface area contributed by atoms with E-state index in [0.29, 0.717) is 5.71 Å². The predicted molar refractivity (Wildman–Crippen MR) is 45.4 cm³/mol. The van der Waals surface area contributed by atoms with E-state index >= 15 is 0 Å². The van der Waals surface area contributed by atoms with Crippen molar-refractivity contribution in [2.24, 2.45) is 5.92 Å². The highest BCUT2D eigenvalue weighted by molar-refractivity contribution is 5.83. The molecule has 2 heteroatoms. The molecule has 0 aromatic carbocycles. The Morgan fingerprint density at radius 3 is 2.00 bits per heavy atom. The van der Waals surface area contributed by atoms with Crippen LogP contribution in [0, 0.1) is 11.3 Å². The molecule has 2 nitrogen and oxygen atoms in total. The predicted octanol–water partition coefficient (Wildman–Crippen LogP) is 1.74. The summed E-state index contributed by atoms with van der Waals surface area (Å²) < 4.78 is 0. The van der Waals surface area contributed by atoms with Gasteiger partial charge in [-0.2, -0.15) is 0 Å². The van der Waals surface area contributed by atoms with Gasteiger partial charge in [-0.3, -0.25) is 0 Å². The van der Waals surface area contributed by atoms with Crippen molar-refractivity contribution in [1.82, 2.24) is 4.90 Å². The summed E-state index contributed by atoms with van der Waals surface area (Å²) >= 11 is 0. The van der Waals surface area contributed by atoms with Crippen LogP contribution in [0.4, 0.5) is 0 Å². The lowest BCUT2D eigenvalue weighted by Crippen LogP contribution is -2.20. The largest absolute Gasteiger partial charge is 0.381 e. The molecule has 0 aliphatic carbocycles. The monoisotopic (exact) mass is 140 g/mol. The third-order valence-electron chi connectivity index (χ3n) is 1.72. The summed E-state index contributed by atoms with van der Waals surface area (Å²) in [5.41, 5.74) is 1.66. The highest BCUT2D eigenvalue weighted by atomic mass is 15.1. The topological polar surface area (TPSA) is 27.1 Å². The molecule has 0 spiro atoms.